The quantitative estimate of drug-likeness (QED) is 0.561. The molecule has 174 valence electrons. The fraction of sp³-hybridized carbons (Fsp3) is 0.200. The minimum absolute atomic E-state index is 0. The first-order chi connectivity index (χ1) is 15.1. The van der Waals surface area contributed by atoms with Crippen LogP contribution in [-0.4, -0.2) is 44.9 Å². The van der Waals surface area contributed by atoms with Gasteiger partial charge in [0.05, 0.1) is 25.4 Å². The number of nitrogens with one attached hydrogen (secondary N) is 1. The van der Waals surface area contributed by atoms with Crippen LogP contribution >= 0.6 is 24.8 Å². The molecule has 1 heterocycles. The molecule has 8 heteroatoms. The molecule has 4 rings (SSSR count). The number of benzene rings is 3. The van der Waals surface area contributed by atoms with Gasteiger partial charge in [-0.25, -0.2) is 4.39 Å². The van der Waals surface area contributed by atoms with Gasteiger partial charge < -0.3 is 15.0 Å². The van der Waals surface area contributed by atoms with E-state index in [1.807, 2.05) is 43.4 Å². The lowest BCUT2D eigenvalue weighted by molar-refractivity contribution is 0.0951. The van der Waals surface area contributed by atoms with Crippen molar-refractivity contribution in [2.45, 2.75) is 6.04 Å². The predicted molar refractivity (Wildman–Crippen MR) is 135 cm³/mol. The van der Waals surface area contributed by atoms with Crippen molar-refractivity contribution in [2.24, 2.45) is 4.99 Å². The van der Waals surface area contributed by atoms with Gasteiger partial charge in [-0.05, 0) is 48.5 Å². The monoisotopic (exact) mass is 489 g/mol. The van der Waals surface area contributed by atoms with Gasteiger partial charge in [-0.2, -0.15) is 0 Å². The lowest BCUT2D eigenvalue weighted by Gasteiger charge is -2.29. The highest BCUT2D eigenvalue weighted by Gasteiger charge is 2.25. The Morgan fingerprint density at radius 1 is 1.09 bits per heavy atom. The van der Waals surface area contributed by atoms with Crippen molar-refractivity contribution in [2.75, 3.05) is 32.1 Å². The fourth-order valence-corrected chi connectivity index (χ4v) is 3.69. The number of likely N-dealkylation sites (N-methyl/N-ethyl adjacent to an activating group) is 1. The summed E-state index contributed by atoms with van der Waals surface area (Å²) in [7, 11) is 3.62. The molecule has 1 amide bonds. The Hall–Kier alpha value is -3.09. The van der Waals surface area contributed by atoms with E-state index >= 15 is 0 Å². The molecule has 1 unspecified atom stereocenters. The molecule has 0 radical (unpaired) electrons. The Labute approximate surface area is 205 Å². The molecule has 0 fully saturated rings. The van der Waals surface area contributed by atoms with E-state index < -0.39 is 0 Å². The number of methoxy groups -OCH3 is 1. The second-order valence-corrected chi connectivity index (χ2v) is 7.42. The van der Waals surface area contributed by atoms with Gasteiger partial charge in [0.1, 0.15) is 11.6 Å². The number of aliphatic imine (C=N–C) groups is 1. The minimum atomic E-state index is -0.286. The van der Waals surface area contributed by atoms with Crippen molar-refractivity contribution in [1.29, 1.82) is 0 Å². The zero-order chi connectivity index (χ0) is 21.8. The van der Waals surface area contributed by atoms with Crippen LogP contribution in [0.2, 0.25) is 0 Å². The number of amides is 1. The molecule has 1 N–H and O–H groups in total. The second-order valence-electron chi connectivity index (χ2n) is 7.42. The molecule has 0 saturated carbocycles. The molecule has 33 heavy (non-hydrogen) atoms. The van der Waals surface area contributed by atoms with Crippen molar-refractivity contribution in [3.05, 3.63) is 95.3 Å². The maximum atomic E-state index is 13.5. The molecule has 0 bridgehead atoms. The normalized spacial score (nSPS) is 14.6. The number of anilines is 1. The fourth-order valence-electron chi connectivity index (χ4n) is 3.69. The number of benzodiazepines with no additional fused rings is 1. The molecule has 0 spiro atoms. The van der Waals surface area contributed by atoms with Crippen LogP contribution in [0.3, 0.4) is 0 Å². The highest BCUT2D eigenvalue weighted by Crippen LogP contribution is 2.31. The minimum Gasteiger partial charge on any atom is -0.497 e. The van der Waals surface area contributed by atoms with Crippen LogP contribution in [0.4, 0.5) is 10.1 Å². The standard InChI is InChI=1S/C25H24FN3O2.2ClH/c1-29-20(16-28-25(30)18-6-4-3-5-7-18)15-27-24(17-8-10-19(26)11-9-17)22-13-12-21(31-2)14-23(22)29;;/h3-14,20H,15-16H2,1-2H3,(H,28,30);2*1H. The van der Waals surface area contributed by atoms with Gasteiger partial charge >= 0.3 is 0 Å². The SMILES string of the molecule is COc1ccc2c(c1)N(C)C(CNC(=O)c1ccccc1)CN=C2c1ccc(F)cc1.Cl.Cl. The van der Waals surface area contributed by atoms with E-state index in [1.54, 1.807) is 31.4 Å². The first-order valence-electron chi connectivity index (χ1n) is 10.1. The smallest absolute Gasteiger partial charge is 0.251 e. The van der Waals surface area contributed by atoms with E-state index in [9.17, 15) is 9.18 Å². The number of hydrogen-bond acceptors (Lipinski definition) is 4. The first kappa shape index (κ1) is 26.2. The van der Waals surface area contributed by atoms with Crippen molar-refractivity contribution in [3.63, 3.8) is 0 Å². The third kappa shape index (κ3) is 5.83. The largest absolute Gasteiger partial charge is 0.497 e. The molecule has 0 aliphatic carbocycles. The lowest BCUT2D eigenvalue weighted by atomic mass is 10.00. The summed E-state index contributed by atoms with van der Waals surface area (Å²) in [6, 6.07) is 21.3. The maximum absolute atomic E-state index is 13.5. The molecule has 5 nitrogen and oxygen atoms in total. The van der Waals surface area contributed by atoms with E-state index in [0.29, 0.717) is 18.7 Å². The van der Waals surface area contributed by atoms with Crippen LogP contribution in [0.5, 0.6) is 5.75 Å². The number of ether oxygens (including phenoxy) is 1. The number of carbonyl (C=O) groups excluding carboxylic acids is 1. The van der Waals surface area contributed by atoms with Gasteiger partial charge in [-0.15, -0.1) is 24.8 Å². The van der Waals surface area contributed by atoms with Crippen molar-refractivity contribution < 1.29 is 13.9 Å². The summed E-state index contributed by atoms with van der Waals surface area (Å²) in [5, 5.41) is 3.02. The van der Waals surface area contributed by atoms with Gasteiger partial charge in [-0.1, -0.05) is 18.2 Å². The van der Waals surface area contributed by atoms with E-state index in [0.717, 1.165) is 28.3 Å². The average molecular weight is 490 g/mol. The van der Waals surface area contributed by atoms with E-state index in [1.165, 1.54) is 12.1 Å². The van der Waals surface area contributed by atoms with Crippen LogP contribution in [0.15, 0.2) is 77.8 Å². The molecule has 1 aliphatic heterocycles. The number of nitrogens with zero attached hydrogens (tertiary/aromatic N) is 2. The number of fused-ring (bicyclic) bond motifs is 1. The zero-order valence-electron chi connectivity index (χ0n) is 18.3. The highest BCUT2D eigenvalue weighted by molar-refractivity contribution is 6.16. The van der Waals surface area contributed by atoms with Crippen LogP contribution in [0.25, 0.3) is 0 Å². The molecule has 1 atom stereocenters. The highest BCUT2D eigenvalue weighted by atomic mass is 35.5. The van der Waals surface area contributed by atoms with Gasteiger partial charge in [0, 0.05) is 42.0 Å². The summed E-state index contributed by atoms with van der Waals surface area (Å²) >= 11 is 0. The third-order valence-electron chi connectivity index (χ3n) is 5.50. The summed E-state index contributed by atoms with van der Waals surface area (Å²) in [5.74, 6) is 0.330. The summed E-state index contributed by atoms with van der Waals surface area (Å²) in [6.07, 6.45) is 0. The Kier molecular flexibility index (Phi) is 9.26. The van der Waals surface area contributed by atoms with Crippen LogP contribution in [0.1, 0.15) is 21.5 Å². The van der Waals surface area contributed by atoms with Gasteiger partial charge in [-0.3, -0.25) is 9.79 Å². The Balaban J connectivity index is 0.00000193. The average Bonchev–Trinajstić information content (AvgIpc) is 2.95. The van der Waals surface area contributed by atoms with Crippen molar-refractivity contribution in [3.8, 4) is 5.75 Å². The second kappa shape index (κ2) is 11.7. The van der Waals surface area contributed by atoms with Crippen molar-refractivity contribution in [1.82, 2.24) is 5.32 Å². The molecule has 1 aliphatic rings. The topological polar surface area (TPSA) is 53.9 Å². The summed E-state index contributed by atoms with van der Waals surface area (Å²) in [4.78, 5) is 19.5. The zero-order valence-corrected chi connectivity index (χ0v) is 20.0. The van der Waals surface area contributed by atoms with Crippen molar-refractivity contribution >= 4 is 42.1 Å². The summed E-state index contributed by atoms with van der Waals surface area (Å²) in [5.41, 5.74) is 4.14. The lowest BCUT2D eigenvalue weighted by Crippen LogP contribution is -2.43. The Morgan fingerprint density at radius 2 is 1.79 bits per heavy atom. The van der Waals surface area contributed by atoms with Crippen LogP contribution < -0.4 is 15.0 Å². The number of halogens is 3. The van der Waals surface area contributed by atoms with Crippen LogP contribution in [-0.2, 0) is 0 Å². The summed E-state index contributed by atoms with van der Waals surface area (Å²) in [6.45, 7) is 0.913. The molecule has 0 aromatic heterocycles. The van der Waals surface area contributed by atoms with E-state index in [2.05, 4.69) is 10.2 Å². The van der Waals surface area contributed by atoms with Gasteiger partial charge in [0.15, 0.2) is 0 Å². The molecular weight excluding hydrogens is 464 g/mol. The van der Waals surface area contributed by atoms with Gasteiger partial charge in [0.25, 0.3) is 5.91 Å². The number of hydrogen-bond donors (Lipinski definition) is 1. The molecule has 3 aromatic rings. The third-order valence-corrected chi connectivity index (χ3v) is 5.50. The molecule has 0 saturated heterocycles. The first-order valence-corrected chi connectivity index (χ1v) is 10.1. The number of carbonyl (C=O) groups is 1. The predicted octanol–water partition coefficient (Wildman–Crippen LogP) is 4.76. The van der Waals surface area contributed by atoms with E-state index in [4.69, 9.17) is 9.73 Å². The molecular formula is C25H26Cl2FN3O2. The number of rotatable bonds is 5. The Bertz CT molecular complexity index is 1110. The molecule has 3 aromatic carbocycles. The maximum Gasteiger partial charge on any atom is 0.251 e. The summed E-state index contributed by atoms with van der Waals surface area (Å²) < 4.78 is 18.9. The van der Waals surface area contributed by atoms with Crippen LogP contribution in [0, 0.1) is 5.82 Å². The Morgan fingerprint density at radius 3 is 2.45 bits per heavy atom. The van der Waals surface area contributed by atoms with Gasteiger partial charge in [0.2, 0.25) is 0 Å². The van der Waals surface area contributed by atoms with E-state index in [-0.39, 0.29) is 42.6 Å².